The van der Waals surface area contributed by atoms with Gasteiger partial charge in [0.05, 0.1) is 34.8 Å². The van der Waals surface area contributed by atoms with Crippen LogP contribution in [0.5, 0.6) is 0 Å². The van der Waals surface area contributed by atoms with Gasteiger partial charge in [-0.3, -0.25) is 9.48 Å². The Hall–Kier alpha value is -2.68. The van der Waals surface area contributed by atoms with Gasteiger partial charge in [-0.05, 0) is 49.9 Å². The zero-order valence-corrected chi connectivity index (χ0v) is 17.2. The number of nitrogens with one attached hydrogen (secondary N) is 1. The average Bonchev–Trinajstić information content (AvgIpc) is 3.36. The summed E-state index contributed by atoms with van der Waals surface area (Å²) in [6, 6.07) is 6.73. The molecule has 0 radical (unpaired) electrons. The Morgan fingerprint density at radius 2 is 2.00 bits per heavy atom. The fourth-order valence-electron chi connectivity index (χ4n) is 3.82. The Morgan fingerprint density at radius 1 is 1.21 bits per heavy atom. The van der Waals surface area contributed by atoms with Crippen molar-refractivity contribution in [3.05, 3.63) is 46.8 Å². The maximum Gasteiger partial charge on any atom is 0.341 e. The summed E-state index contributed by atoms with van der Waals surface area (Å²) in [4.78, 5) is 25.5. The summed E-state index contributed by atoms with van der Waals surface area (Å²) in [6.45, 7) is 1.52. The van der Waals surface area contributed by atoms with E-state index in [2.05, 4.69) is 14.8 Å². The fourth-order valence-corrected chi connectivity index (χ4v) is 5.84. The first kappa shape index (κ1) is 19.6. The number of esters is 1. The quantitative estimate of drug-likeness (QED) is 0.753. The first-order valence-electron chi connectivity index (χ1n) is 9.77. The van der Waals surface area contributed by atoms with E-state index in [0.29, 0.717) is 34.0 Å². The molecule has 0 fully saturated rings. The van der Waals surface area contributed by atoms with Gasteiger partial charge in [-0.15, -0.1) is 0 Å². The van der Waals surface area contributed by atoms with Crippen LogP contribution < -0.4 is 5.32 Å². The Balaban J connectivity index is 1.49. The number of rotatable bonds is 5. The minimum atomic E-state index is -2.32. The van der Waals surface area contributed by atoms with E-state index in [0.717, 1.165) is 37.9 Å². The molecule has 1 unspecified atom stereocenters. The van der Waals surface area contributed by atoms with E-state index in [1.54, 1.807) is 24.3 Å². The van der Waals surface area contributed by atoms with Crippen molar-refractivity contribution < 1.29 is 18.5 Å². The molecule has 2 aliphatic heterocycles. The zero-order valence-electron chi connectivity index (χ0n) is 16.3. The smallest absolute Gasteiger partial charge is 0.341 e. The minimum absolute atomic E-state index is 0.136. The summed E-state index contributed by atoms with van der Waals surface area (Å²) in [7, 11) is -0.973. The van der Waals surface area contributed by atoms with Crippen LogP contribution in [0.15, 0.2) is 33.5 Å². The van der Waals surface area contributed by atoms with Gasteiger partial charge in [0.1, 0.15) is 5.56 Å². The van der Waals surface area contributed by atoms with Gasteiger partial charge in [0.2, 0.25) is 0 Å². The number of fused-ring (bicyclic) bond motifs is 1. The molecule has 29 heavy (non-hydrogen) atoms. The summed E-state index contributed by atoms with van der Waals surface area (Å²) in [5.74, 6) is -0.137. The molecule has 0 spiro atoms. The van der Waals surface area contributed by atoms with Crippen molar-refractivity contribution in [1.82, 2.24) is 15.1 Å². The second-order valence-corrected chi connectivity index (χ2v) is 9.62. The van der Waals surface area contributed by atoms with Gasteiger partial charge in [-0.25, -0.2) is 13.4 Å². The molecule has 0 aliphatic carbocycles. The molecule has 9 heteroatoms. The number of amides is 1. The fraction of sp³-hybridized carbons (Fsp3) is 0.450. The van der Waals surface area contributed by atoms with E-state index in [1.807, 2.05) is 4.68 Å². The molecular weight excluding hydrogens is 392 g/mol. The number of aryl methyl sites for hydroxylation is 1. The number of nitrogens with zero attached hydrogens (tertiary/aromatic N) is 3. The highest BCUT2D eigenvalue weighted by Gasteiger charge is 2.26. The molecule has 1 amide bonds. The van der Waals surface area contributed by atoms with Crippen LogP contribution in [-0.4, -0.2) is 45.3 Å². The van der Waals surface area contributed by atoms with Crippen molar-refractivity contribution in [2.24, 2.45) is 4.36 Å². The number of methoxy groups -OCH3 is 1. The van der Waals surface area contributed by atoms with Crippen LogP contribution in [0, 0.1) is 0 Å². The van der Waals surface area contributed by atoms with Crippen LogP contribution in [-0.2, 0) is 34.0 Å². The van der Waals surface area contributed by atoms with Gasteiger partial charge < -0.3 is 10.1 Å². The number of carbonyl (C=O) groups excluding carboxylic acids is 2. The van der Waals surface area contributed by atoms with Crippen molar-refractivity contribution >= 4 is 21.6 Å². The molecule has 1 atom stereocenters. The molecule has 3 heterocycles. The molecule has 154 valence electrons. The standard InChI is InChI=1S/C20H24N4O4S/c1-28-20(26)18-16(23-24-11-3-2-5-17(18)24)13-21-19(25)14-6-8-15(9-7-14)29(27)12-4-10-22-29/h6-9H,2-5,10-13H2,1H3,(H,21,25). The predicted molar refractivity (Wildman–Crippen MR) is 107 cm³/mol. The molecule has 2 aromatic rings. The van der Waals surface area contributed by atoms with Gasteiger partial charge >= 0.3 is 5.97 Å². The SMILES string of the molecule is COC(=O)c1c(CNC(=O)c2ccc(S3(=O)=NCCC3)cc2)nn2c1CCCC2. The third-order valence-corrected chi connectivity index (χ3v) is 7.78. The molecule has 2 aliphatic rings. The largest absolute Gasteiger partial charge is 0.465 e. The first-order valence-corrected chi connectivity index (χ1v) is 11.5. The number of ether oxygens (including phenoxy) is 1. The van der Waals surface area contributed by atoms with Gasteiger partial charge in [0, 0.05) is 29.3 Å². The summed E-state index contributed by atoms with van der Waals surface area (Å²) in [5.41, 5.74) is 2.31. The predicted octanol–water partition coefficient (Wildman–Crippen LogP) is 2.17. The summed E-state index contributed by atoms with van der Waals surface area (Å²) >= 11 is 0. The molecule has 1 N–H and O–H groups in total. The third-order valence-electron chi connectivity index (χ3n) is 5.33. The van der Waals surface area contributed by atoms with Crippen molar-refractivity contribution in [3.63, 3.8) is 0 Å². The van der Waals surface area contributed by atoms with Gasteiger partial charge in [-0.1, -0.05) is 0 Å². The summed E-state index contributed by atoms with van der Waals surface area (Å²) in [6.07, 6.45) is 3.63. The highest BCUT2D eigenvalue weighted by molar-refractivity contribution is 7.93. The number of benzene rings is 1. The Labute approximate surface area is 169 Å². The topological polar surface area (TPSA) is 103 Å². The lowest BCUT2D eigenvalue weighted by Crippen LogP contribution is -2.24. The van der Waals surface area contributed by atoms with Crippen LogP contribution in [0.2, 0.25) is 0 Å². The number of hydrogen-bond donors (Lipinski definition) is 1. The molecule has 4 rings (SSSR count). The first-order chi connectivity index (χ1) is 14.0. The highest BCUT2D eigenvalue weighted by atomic mass is 32.2. The van der Waals surface area contributed by atoms with E-state index in [4.69, 9.17) is 4.74 Å². The van der Waals surface area contributed by atoms with Gasteiger partial charge in [0.15, 0.2) is 0 Å². The van der Waals surface area contributed by atoms with Crippen LogP contribution in [0.25, 0.3) is 0 Å². The maximum absolute atomic E-state index is 12.7. The number of hydrogen-bond acceptors (Lipinski definition) is 6. The molecule has 1 aromatic heterocycles. The van der Waals surface area contributed by atoms with E-state index in [-0.39, 0.29) is 12.5 Å². The molecule has 1 aromatic carbocycles. The number of carbonyl (C=O) groups is 2. The zero-order chi connectivity index (χ0) is 20.4. The lowest BCUT2D eigenvalue weighted by molar-refractivity contribution is 0.0597. The van der Waals surface area contributed by atoms with Crippen molar-refractivity contribution in [1.29, 1.82) is 0 Å². The van der Waals surface area contributed by atoms with Crippen LogP contribution in [0.3, 0.4) is 0 Å². The highest BCUT2D eigenvalue weighted by Crippen LogP contribution is 2.23. The normalized spacial score (nSPS) is 20.6. The third kappa shape index (κ3) is 3.78. The summed E-state index contributed by atoms with van der Waals surface area (Å²) < 4.78 is 23.7. The number of aromatic nitrogens is 2. The molecule has 0 bridgehead atoms. The summed E-state index contributed by atoms with van der Waals surface area (Å²) in [5, 5.41) is 7.34. The lowest BCUT2D eigenvalue weighted by Gasteiger charge is -2.13. The van der Waals surface area contributed by atoms with Crippen LogP contribution >= 0.6 is 0 Å². The average molecular weight is 417 g/mol. The van der Waals surface area contributed by atoms with Crippen LogP contribution in [0.4, 0.5) is 0 Å². The van der Waals surface area contributed by atoms with E-state index in [1.165, 1.54) is 7.11 Å². The van der Waals surface area contributed by atoms with Crippen molar-refractivity contribution in [3.8, 4) is 0 Å². The molecule has 0 saturated carbocycles. The Morgan fingerprint density at radius 3 is 2.69 bits per heavy atom. The van der Waals surface area contributed by atoms with Crippen LogP contribution in [0.1, 0.15) is 51.4 Å². The Kier molecular flexibility index (Phi) is 5.40. The molecular formula is C20H24N4O4S. The Bertz CT molecular complexity index is 1060. The minimum Gasteiger partial charge on any atom is -0.465 e. The second-order valence-electron chi connectivity index (χ2n) is 7.20. The van der Waals surface area contributed by atoms with Crippen molar-refractivity contribution in [2.75, 3.05) is 19.4 Å². The molecule has 0 saturated heterocycles. The molecule has 8 nitrogen and oxygen atoms in total. The van der Waals surface area contributed by atoms with Crippen molar-refractivity contribution in [2.45, 2.75) is 43.7 Å². The monoisotopic (exact) mass is 416 g/mol. The van der Waals surface area contributed by atoms with E-state index >= 15 is 0 Å². The lowest BCUT2D eigenvalue weighted by atomic mass is 10.0. The second kappa shape index (κ2) is 7.98. The van der Waals surface area contributed by atoms with E-state index < -0.39 is 15.7 Å². The van der Waals surface area contributed by atoms with Gasteiger partial charge in [0.25, 0.3) is 5.91 Å². The van der Waals surface area contributed by atoms with Gasteiger partial charge in [-0.2, -0.15) is 5.10 Å². The maximum atomic E-state index is 12.7. The van der Waals surface area contributed by atoms with E-state index in [9.17, 15) is 13.8 Å².